The maximum Gasteiger partial charge on any atom is 0.308 e. The van der Waals surface area contributed by atoms with E-state index < -0.39 is 5.97 Å². The predicted octanol–water partition coefficient (Wildman–Crippen LogP) is 2.60. The summed E-state index contributed by atoms with van der Waals surface area (Å²) < 4.78 is 4.89. The molecule has 1 saturated carbocycles. The van der Waals surface area contributed by atoms with Gasteiger partial charge in [0.25, 0.3) is 0 Å². The molecule has 0 saturated heterocycles. The molecule has 0 aliphatic heterocycles. The van der Waals surface area contributed by atoms with Crippen LogP contribution in [0.2, 0.25) is 0 Å². The van der Waals surface area contributed by atoms with Crippen LogP contribution >= 0.6 is 0 Å². The van der Waals surface area contributed by atoms with E-state index in [0.29, 0.717) is 0 Å². The first kappa shape index (κ1) is 12.0. The number of carbonyl (C=O) groups is 2. The maximum atomic E-state index is 11.9. The summed E-state index contributed by atoms with van der Waals surface area (Å²) in [5.41, 5.74) is 0. The van der Waals surface area contributed by atoms with Crippen molar-refractivity contribution in [2.45, 2.75) is 46.0 Å². The first-order valence-electron chi connectivity index (χ1n) is 5.54. The van der Waals surface area contributed by atoms with Crippen LogP contribution in [0.3, 0.4) is 0 Å². The second-order valence-corrected chi connectivity index (χ2v) is 3.95. The molecule has 0 N–H and O–H groups in total. The summed E-state index contributed by atoms with van der Waals surface area (Å²) in [5.74, 6) is -0.154. The number of hydrogen-bond donors (Lipinski definition) is 0. The Bertz CT molecular complexity index is 273. The molecular formula is C12H18O3. The van der Waals surface area contributed by atoms with E-state index in [1.807, 2.05) is 0 Å². The lowest BCUT2D eigenvalue weighted by atomic mass is 9.85. The monoisotopic (exact) mass is 210 g/mol. The molecule has 0 heterocycles. The Balaban J connectivity index is 2.59. The Morgan fingerprint density at radius 2 is 1.80 bits per heavy atom. The first-order valence-corrected chi connectivity index (χ1v) is 5.54. The normalized spacial score (nSPS) is 18.7. The summed E-state index contributed by atoms with van der Waals surface area (Å²) in [4.78, 5) is 22.7. The summed E-state index contributed by atoms with van der Waals surface area (Å²) in [6.07, 6.45) is 6.86. The molecule has 1 aliphatic carbocycles. The van der Waals surface area contributed by atoms with E-state index in [-0.39, 0.29) is 17.5 Å². The zero-order valence-electron chi connectivity index (χ0n) is 9.41. The predicted molar refractivity (Wildman–Crippen MR) is 57.1 cm³/mol. The summed E-state index contributed by atoms with van der Waals surface area (Å²) in [7, 11) is 0. The Labute approximate surface area is 90.5 Å². The Morgan fingerprint density at radius 1 is 1.20 bits per heavy atom. The topological polar surface area (TPSA) is 43.4 Å². The van der Waals surface area contributed by atoms with Crippen molar-refractivity contribution in [1.29, 1.82) is 0 Å². The fourth-order valence-electron chi connectivity index (χ4n) is 1.97. The van der Waals surface area contributed by atoms with Crippen LogP contribution in [0, 0.1) is 5.92 Å². The van der Waals surface area contributed by atoms with Crippen LogP contribution in [0.5, 0.6) is 0 Å². The zero-order valence-corrected chi connectivity index (χ0v) is 9.41. The van der Waals surface area contributed by atoms with Gasteiger partial charge >= 0.3 is 5.97 Å². The fourth-order valence-corrected chi connectivity index (χ4v) is 1.97. The molecule has 1 aliphatic rings. The maximum absolute atomic E-state index is 11.9. The van der Waals surface area contributed by atoms with E-state index in [9.17, 15) is 9.59 Å². The molecule has 84 valence electrons. The van der Waals surface area contributed by atoms with Crippen molar-refractivity contribution in [3.05, 3.63) is 11.8 Å². The number of carbonyl (C=O) groups excluding carboxylic acids is 2. The van der Waals surface area contributed by atoms with Crippen molar-refractivity contribution in [2.24, 2.45) is 5.92 Å². The van der Waals surface area contributed by atoms with E-state index in [1.165, 1.54) is 13.3 Å². The van der Waals surface area contributed by atoms with Gasteiger partial charge < -0.3 is 4.74 Å². The number of hydrogen-bond acceptors (Lipinski definition) is 3. The minimum atomic E-state index is -0.424. The largest absolute Gasteiger partial charge is 0.423 e. The third-order valence-corrected chi connectivity index (χ3v) is 2.73. The number of allylic oxidation sites excluding steroid dienone is 2. The average Bonchev–Trinajstić information content (AvgIpc) is 2.26. The van der Waals surface area contributed by atoms with Gasteiger partial charge in [0.15, 0.2) is 5.76 Å². The summed E-state index contributed by atoms with van der Waals surface area (Å²) in [5, 5.41) is 0. The van der Waals surface area contributed by atoms with Crippen molar-refractivity contribution >= 4 is 11.8 Å². The lowest BCUT2D eigenvalue weighted by Crippen LogP contribution is -2.21. The fraction of sp³-hybridized carbons (Fsp3) is 0.667. The van der Waals surface area contributed by atoms with Crippen molar-refractivity contribution < 1.29 is 14.3 Å². The van der Waals surface area contributed by atoms with Gasteiger partial charge in [-0.15, -0.1) is 0 Å². The van der Waals surface area contributed by atoms with E-state index in [4.69, 9.17) is 4.74 Å². The molecule has 0 amide bonds. The van der Waals surface area contributed by atoms with Gasteiger partial charge in [-0.1, -0.05) is 19.3 Å². The van der Waals surface area contributed by atoms with Gasteiger partial charge in [0.2, 0.25) is 5.78 Å². The molecule has 3 nitrogen and oxygen atoms in total. The highest BCUT2D eigenvalue weighted by atomic mass is 16.5. The number of ketones is 1. The van der Waals surface area contributed by atoms with Gasteiger partial charge in [0, 0.05) is 12.8 Å². The highest BCUT2D eigenvalue weighted by molar-refractivity contribution is 5.97. The Kier molecular flexibility index (Phi) is 4.53. The number of ether oxygens (including phenoxy) is 1. The molecule has 3 heteroatoms. The molecule has 1 fully saturated rings. The lowest BCUT2D eigenvalue weighted by molar-refractivity contribution is -0.141. The SMILES string of the molecule is C/C=C(\OC(C)=O)C(=O)C1CCCCC1. The minimum Gasteiger partial charge on any atom is -0.423 e. The molecule has 0 spiro atoms. The van der Waals surface area contributed by atoms with Gasteiger partial charge in [-0.05, 0) is 25.8 Å². The van der Waals surface area contributed by atoms with E-state index in [2.05, 4.69) is 0 Å². The Morgan fingerprint density at radius 3 is 2.27 bits per heavy atom. The third kappa shape index (κ3) is 3.50. The second-order valence-electron chi connectivity index (χ2n) is 3.95. The van der Waals surface area contributed by atoms with Crippen molar-refractivity contribution in [2.75, 3.05) is 0 Å². The summed E-state index contributed by atoms with van der Waals surface area (Å²) in [6, 6.07) is 0. The molecule has 0 aromatic rings. The first-order chi connectivity index (χ1) is 7.15. The third-order valence-electron chi connectivity index (χ3n) is 2.73. The quantitative estimate of drug-likeness (QED) is 0.408. The highest BCUT2D eigenvalue weighted by Crippen LogP contribution is 2.26. The molecule has 0 aromatic carbocycles. The number of rotatable bonds is 3. The van der Waals surface area contributed by atoms with Gasteiger partial charge in [0.05, 0.1) is 0 Å². The van der Waals surface area contributed by atoms with Crippen LogP contribution in [-0.4, -0.2) is 11.8 Å². The average molecular weight is 210 g/mol. The molecule has 0 radical (unpaired) electrons. The summed E-state index contributed by atoms with van der Waals surface area (Å²) >= 11 is 0. The van der Waals surface area contributed by atoms with Crippen LogP contribution in [-0.2, 0) is 14.3 Å². The minimum absolute atomic E-state index is 0.00704. The highest BCUT2D eigenvalue weighted by Gasteiger charge is 2.25. The standard InChI is InChI=1S/C12H18O3/c1-3-11(15-9(2)13)12(14)10-7-5-4-6-8-10/h3,10H,4-8H2,1-2H3/b11-3-. The van der Waals surface area contributed by atoms with Crippen LogP contribution in [0.1, 0.15) is 46.0 Å². The molecule has 0 atom stereocenters. The van der Waals surface area contributed by atoms with E-state index >= 15 is 0 Å². The lowest BCUT2D eigenvalue weighted by Gasteiger charge is -2.20. The molecule has 0 unspecified atom stereocenters. The van der Waals surface area contributed by atoms with Gasteiger partial charge in [0.1, 0.15) is 0 Å². The molecule has 0 bridgehead atoms. The van der Waals surface area contributed by atoms with Gasteiger partial charge in [-0.3, -0.25) is 9.59 Å². The van der Waals surface area contributed by atoms with Gasteiger partial charge in [-0.2, -0.15) is 0 Å². The van der Waals surface area contributed by atoms with Crippen LogP contribution < -0.4 is 0 Å². The van der Waals surface area contributed by atoms with E-state index in [1.54, 1.807) is 13.0 Å². The van der Waals surface area contributed by atoms with Gasteiger partial charge in [-0.25, -0.2) is 0 Å². The smallest absolute Gasteiger partial charge is 0.308 e. The van der Waals surface area contributed by atoms with Crippen LogP contribution in [0.25, 0.3) is 0 Å². The van der Waals surface area contributed by atoms with Crippen molar-refractivity contribution in [3.8, 4) is 0 Å². The molecule has 0 aromatic heterocycles. The zero-order chi connectivity index (χ0) is 11.3. The number of Topliss-reactive ketones (excluding diaryl/α,β-unsaturated/α-hetero) is 1. The van der Waals surface area contributed by atoms with Crippen LogP contribution in [0.4, 0.5) is 0 Å². The molecule has 1 rings (SSSR count). The van der Waals surface area contributed by atoms with E-state index in [0.717, 1.165) is 25.7 Å². The van der Waals surface area contributed by atoms with Crippen LogP contribution in [0.15, 0.2) is 11.8 Å². The van der Waals surface area contributed by atoms with Crippen molar-refractivity contribution in [1.82, 2.24) is 0 Å². The number of esters is 1. The Hall–Kier alpha value is -1.12. The van der Waals surface area contributed by atoms with Crippen molar-refractivity contribution in [3.63, 3.8) is 0 Å². The molecular weight excluding hydrogens is 192 g/mol. The second kappa shape index (κ2) is 5.69. The molecule has 15 heavy (non-hydrogen) atoms. The summed E-state index contributed by atoms with van der Waals surface area (Å²) in [6.45, 7) is 3.04.